The summed E-state index contributed by atoms with van der Waals surface area (Å²) < 4.78 is 5.42. The highest BCUT2D eigenvalue weighted by Crippen LogP contribution is 2.23. The van der Waals surface area contributed by atoms with E-state index in [1.165, 1.54) is 17.5 Å². The van der Waals surface area contributed by atoms with Crippen LogP contribution in [0.1, 0.15) is 40.7 Å². The van der Waals surface area contributed by atoms with E-state index in [4.69, 9.17) is 16.3 Å². The van der Waals surface area contributed by atoms with E-state index in [1.54, 1.807) is 12.3 Å². The number of aromatic nitrogens is 1. The monoisotopic (exact) mass is 428 g/mol. The number of piperidine rings is 1. The fourth-order valence-corrected chi connectivity index (χ4v) is 4.24. The molecule has 7 heteroatoms. The van der Waals surface area contributed by atoms with E-state index < -0.39 is 0 Å². The van der Waals surface area contributed by atoms with Gasteiger partial charge in [-0.25, -0.2) is 4.98 Å². The van der Waals surface area contributed by atoms with E-state index in [2.05, 4.69) is 39.5 Å². The molecule has 0 aliphatic carbocycles. The molecule has 0 unspecified atom stereocenters. The van der Waals surface area contributed by atoms with E-state index in [1.807, 2.05) is 4.90 Å². The highest BCUT2D eigenvalue weighted by Gasteiger charge is 2.19. The average molecular weight is 429 g/mol. The molecule has 30 heavy (non-hydrogen) atoms. The average Bonchev–Trinajstić information content (AvgIpc) is 2.79. The molecule has 0 saturated carbocycles. The first-order valence-corrected chi connectivity index (χ1v) is 11.1. The van der Waals surface area contributed by atoms with Crippen molar-refractivity contribution in [2.24, 2.45) is 0 Å². The van der Waals surface area contributed by atoms with Crippen LogP contribution in [0.4, 0.5) is 5.82 Å². The molecule has 1 N–H and O–H groups in total. The van der Waals surface area contributed by atoms with Gasteiger partial charge in [0, 0.05) is 45.5 Å². The molecule has 2 saturated heterocycles. The van der Waals surface area contributed by atoms with Crippen LogP contribution in [0.3, 0.4) is 0 Å². The Bertz CT molecular complexity index is 864. The van der Waals surface area contributed by atoms with Gasteiger partial charge in [0.05, 0.1) is 23.8 Å². The zero-order valence-electron chi connectivity index (χ0n) is 17.3. The van der Waals surface area contributed by atoms with Crippen LogP contribution in [-0.4, -0.2) is 60.1 Å². The predicted molar refractivity (Wildman–Crippen MR) is 119 cm³/mol. The minimum absolute atomic E-state index is 0.0199. The zero-order chi connectivity index (χ0) is 20.8. The van der Waals surface area contributed by atoms with Crippen LogP contribution in [-0.2, 0) is 17.8 Å². The largest absolute Gasteiger partial charge is 0.379 e. The summed E-state index contributed by atoms with van der Waals surface area (Å²) in [5.41, 5.74) is 3.02. The van der Waals surface area contributed by atoms with Crippen molar-refractivity contribution in [2.45, 2.75) is 32.4 Å². The second-order valence-electron chi connectivity index (χ2n) is 7.97. The third-order valence-corrected chi connectivity index (χ3v) is 5.98. The van der Waals surface area contributed by atoms with Crippen molar-refractivity contribution in [3.05, 3.63) is 58.2 Å². The normalized spacial score (nSPS) is 17.7. The lowest BCUT2D eigenvalue weighted by molar-refractivity contribution is 0.0342. The van der Waals surface area contributed by atoms with Gasteiger partial charge in [-0.2, -0.15) is 0 Å². The molecule has 160 valence electrons. The second kappa shape index (κ2) is 10.2. The molecule has 2 aromatic rings. The third-order valence-electron chi connectivity index (χ3n) is 5.69. The minimum atomic E-state index is 0.0199. The molecule has 4 rings (SSSR count). The molecule has 0 radical (unpaired) electrons. The first-order chi connectivity index (χ1) is 14.7. The smallest absolute Gasteiger partial charge is 0.255 e. The number of pyridine rings is 1. The van der Waals surface area contributed by atoms with E-state index in [9.17, 15) is 4.79 Å². The van der Waals surface area contributed by atoms with E-state index >= 15 is 0 Å². The maximum atomic E-state index is 12.6. The molecule has 0 bridgehead atoms. The molecular formula is C23H29ClN4O2. The first kappa shape index (κ1) is 21.1. The van der Waals surface area contributed by atoms with E-state index in [0.29, 0.717) is 22.9 Å². The van der Waals surface area contributed by atoms with Crippen LogP contribution in [0.15, 0.2) is 36.5 Å². The number of nitrogens with one attached hydrogen (secondary N) is 1. The summed E-state index contributed by atoms with van der Waals surface area (Å²) in [6.07, 6.45) is 4.95. The van der Waals surface area contributed by atoms with Gasteiger partial charge in [-0.1, -0.05) is 35.9 Å². The van der Waals surface area contributed by atoms with Gasteiger partial charge in [0.25, 0.3) is 5.91 Å². The van der Waals surface area contributed by atoms with Crippen LogP contribution in [0.25, 0.3) is 0 Å². The number of likely N-dealkylation sites (tertiary alicyclic amines) is 1. The number of nitrogens with zero attached hydrogens (tertiary/aromatic N) is 3. The molecule has 3 heterocycles. The van der Waals surface area contributed by atoms with Gasteiger partial charge in [0.15, 0.2) is 0 Å². The number of ether oxygens (including phenoxy) is 1. The van der Waals surface area contributed by atoms with Crippen LogP contribution in [0.2, 0.25) is 5.02 Å². The van der Waals surface area contributed by atoms with Gasteiger partial charge in [0.2, 0.25) is 0 Å². The van der Waals surface area contributed by atoms with Crippen molar-refractivity contribution >= 4 is 23.3 Å². The molecule has 2 aliphatic heterocycles. The Morgan fingerprint density at radius 1 is 1.07 bits per heavy atom. The Morgan fingerprint density at radius 2 is 1.83 bits per heavy atom. The molecule has 1 amide bonds. The molecular weight excluding hydrogens is 400 g/mol. The van der Waals surface area contributed by atoms with Gasteiger partial charge >= 0.3 is 0 Å². The van der Waals surface area contributed by atoms with Crippen molar-refractivity contribution in [2.75, 3.05) is 44.7 Å². The standard InChI is InChI=1S/C23H29ClN4O2/c24-21-14-20(23(29)28-7-2-1-3-8-28)16-26-22(21)25-15-18-5-4-6-19(13-18)17-27-9-11-30-12-10-27/h4-6,13-14,16H,1-3,7-12,15,17H2,(H,25,26). The number of amides is 1. The summed E-state index contributed by atoms with van der Waals surface area (Å²) in [6, 6.07) is 10.3. The Hall–Kier alpha value is -2.15. The summed E-state index contributed by atoms with van der Waals surface area (Å²) >= 11 is 6.42. The highest BCUT2D eigenvalue weighted by atomic mass is 35.5. The number of benzene rings is 1. The first-order valence-electron chi connectivity index (χ1n) is 10.8. The van der Waals surface area contributed by atoms with Gasteiger partial charge in [-0.05, 0) is 36.5 Å². The molecule has 0 atom stereocenters. The molecule has 2 aliphatic rings. The number of halogens is 1. The van der Waals surface area contributed by atoms with Crippen LogP contribution >= 0.6 is 11.6 Å². The Balaban J connectivity index is 1.35. The number of morpholine rings is 1. The van der Waals surface area contributed by atoms with Gasteiger partial charge < -0.3 is 15.0 Å². The predicted octanol–water partition coefficient (Wildman–Crippen LogP) is 3.81. The van der Waals surface area contributed by atoms with Crippen molar-refractivity contribution in [3.8, 4) is 0 Å². The molecule has 1 aromatic heterocycles. The number of anilines is 1. The highest BCUT2D eigenvalue weighted by molar-refractivity contribution is 6.33. The molecule has 6 nitrogen and oxygen atoms in total. The maximum absolute atomic E-state index is 12.6. The summed E-state index contributed by atoms with van der Waals surface area (Å²) in [5.74, 6) is 0.622. The fraction of sp³-hybridized carbons (Fsp3) is 0.478. The lowest BCUT2D eigenvalue weighted by Crippen LogP contribution is -2.35. The molecule has 2 fully saturated rings. The molecule has 1 aromatic carbocycles. The van der Waals surface area contributed by atoms with E-state index in [-0.39, 0.29) is 5.91 Å². The van der Waals surface area contributed by atoms with Crippen molar-refractivity contribution < 1.29 is 9.53 Å². The third kappa shape index (κ3) is 5.50. The lowest BCUT2D eigenvalue weighted by atomic mass is 10.1. The minimum Gasteiger partial charge on any atom is -0.379 e. The Morgan fingerprint density at radius 3 is 2.60 bits per heavy atom. The number of hydrogen-bond donors (Lipinski definition) is 1. The number of rotatable bonds is 6. The summed E-state index contributed by atoms with van der Waals surface area (Å²) in [5, 5.41) is 3.78. The second-order valence-corrected chi connectivity index (χ2v) is 8.38. The summed E-state index contributed by atoms with van der Waals surface area (Å²) in [6.45, 7) is 6.76. The lowest BCUT2D eigenvalue weighted by Gasteiger charge is -2.26. The van der Waals surface area contributed by atoms with Gasteiger partial charge in [0.1, 0.15) is 5.82 Å². The molecule has 0 spiro atoms. The van der Waals surface area contributed by atoms with Crippen molar-refractivity contribution in [1.29, 1.82) is 0 Å². The van der Waals surface area contributed by atoms with Crippen molar-refractivity contribution in [3.63, 3.8) is 0 Å². The van der Waals surface area contributed by atoms with Gasteiger partial charge in [-0.15, -0.1) is 0 Å². The topological polar surface area (TPSA) is 57.7 Å². The maximum Gasteiger partial charge on any atom is 0.255 e. The van der Waals surface area contributed by atoms with Crippen molar-refractivity contribution in [1.82, 2.24) is 14.8 Å². The van der Waals surface area contributed by atoms with Crippen LogP contribution < -0.4 is 5.32 Å². The zero-order valence-corrected chi connectivity index (χ0v) is 18.0. The number of carbonyl (C=O) groups excluding carboxylic acids is 1. The quantitative estimate of drug-likeness (QED) is 0.758. The van der Waals surface area contributed by atoms with Crippen LogP contribution in [0.5, 0.6) is 0 Å². The summed E-state index contributed by atoms with van der Waals surface area (Å²) in [4.78, 5) is 21.4. The fourth-order valence-electron chi connectivity index (χ4n) is 4.01. The van der Waals surface area contributed by atoms with Gasteiger partial charge in [-0.3, -0.25) is 9.69 Å². The van der Waals surface area contributed by atoms with Crippen LogP contribution in [0, 0.1) is 0 Å². The number of carbonyl (C=O) groups is 1. The Kier molecular flexibility index (Phi) is 7.20. The summed E-state index contributed by atoms with van der Waals surface area (Å²) in [7, 11) is 0. The number of hydrogen-bond acceptors (Lipinski definition) is 5. The Labute approximate surface area is 183 Å². The SMILES string of the molecule is O=C(c1cnc(NCc2cccc(CN3CCOCC3)c2)c(Cl)c1)N1CCCCC1. The van der Waals surface area contributed by atoms with E-state index in [0.717, 1.165) is 58.8 Å².